The van der Waals surface area contributed by atoms with Gasteiger partial charge in [-0.1, -0.05) is 26.7 Å². The number of unbranched alkanes of at least 4 members (excludes halogenated alkanes) is 1. The Morgan fingerprint density at radius 1 is 1.15 bits per heavy atom. The second-order valence-electron chi connectivity index (χ2n) is 3.52. The number of carbonyl (C=O) groups excluding carboxylic acids is 2. The van der Waals surface area contributed by atoms with E-state index in [1.54, 1.807) is 0 Å². The summed E-state index contributed by atoms with van der Waals surface area (Å²) in [6.45, 7) is 5.56. The summed E-state index contributed by atoms with van der Waals surface area (Å²) in [6.07, 6.45) is 4.15. The molecule has 0 aromatic carbocycles. The highest BCUT2D eigenvalue weighted by Gasteiger charge is 2.20. The fraction of sp³-hybridized carbons (Fsp3) is 0.818. The molecule has 0 aromatic heterocycles. The van der Waals surface area contributed by atoms with E-state index in [4.69, 9.17) is 0 Å². The molecule has 0 bridgehead atoms. The molecule has 2 nitrogen and oxygen atoms in total. The molecule has 0 fully saturated rings. The molecule has 0 aliphatic carbocycles. The van der Waals surface area contributed by atoms with Crippen molar-refractivity contribution in [1.82, 2.24) is 0 Å². The number of hydrogen-bond acceptors (Lipinski definition) is 2. The Hall–Kier alpha value is -0.660. The van der Waals surface area contributed by atoms with Crippen molar-refractivity contribution in [3.63, 3.8) is 0 Å². The lowest BCUT2D eigenvalue weighted by Crippen LogP contribution is -2.21. The van der Waals surface area contributed by atoms with Crippen LogP contribution in [0.25, 0.3) is 0 Å². The second-order valence-corrected chi connectivity index (χ2v) is 3.52. The highest BCUT2D eigenvalue weighted by Crippen LogP contribution is 2.13. The first-order valence-electron chi connectivity index (χ1n) is 5.16. The van der Waals surface area contributed by atoms with Gasteiger partial charge in [0.2, 0.25) is 0 Å². The molecule has 1 atom stereocenters. The summed E-state index contributed by atoms with van der Waals surface area (Å²) in [4.78, 5) is 22.6. The van der Waals surface area contributed by atoms with Crippen LogP contribution in [0.5, 0.6) is 0 Å². The lowest BCUT2D eigenvalue weighted by molar-refractivity contribution is -0.131. The van der Waals surface area contributed by atoms with E-state index in [2.05, 4.69) is 6.92 Å². The fourth-order valence-electron chi connectivity index (χ4n) is 1.42. The molecule has 0 aliphatic heterocycles. The minimum absolute atomic E-state index is 0.0342. The van der Waals surface area contributed by atoms with E-state index in [1.807, 2.05) is 6.92 Å². The number of Topliss-reactive ketones (excluding diaryl/α,β-unsaturated/α-hetero) is 2. The standard InChI is InChI=1S/C11H20O2/c1-4-6-8-10(9(3)12)11(13)7-5-2/h10H,4-8H2,1-3H3. The minimum atomic E-state index is -0.320. The second kappa shape index (κ2) is 6.81. The van der Waals surface area contributed by atoms with Gasteiger partial charge in [-0.2, -0.15) is 0 Å². The zero-order valence-electron chi connectivity index (χ0n) is 8.93. The predicted octanol–water partition coefficient (Wildman–Crippen LogP) is 2.75. The maximum atomic E-state index is 11.5. The Kier molecular flexibility index (Phi) is 6.47. The van der Waals surface area contributed by atoms with Gasteiger partial charge in [0.05, 0.1) is 5.92 Å². The molecule has 0 aliphatic rings. The minimum Gasteiger partial charge on any atom is -0.299 e. The van der Waals surface area contributed by atoms with Crippen molar-refractivity contribution in [2.45, 2.75) is 52.9 Å². The first-order valence-corrected chi connectivity index (χ1v) is 5.16. The normalized spacial score (nSPS) is 12.5. The van der Waals surface area contributed by atoms with Crippen LogP contribution in [0, 0.1) is 5.92 Å². The molecule has 2 heteroatoms. The van der Waals surface area contributed by atoms with Crippen LogP contribution in [-0.4, -0.2) is 11.6 Å². The Morgan fingerprint density at radius 2 is 1.77 bits per heavy atom. The third kappa shape index (κ3) is 4.81. The molecule has 0 N–H and O–H groups in total. The molecule has 0 spiro atoms. The maximum absolute atomic E-state index is 11.5. The average Bonchev–Trinajstić information content (AvgIpc) is 2.05. The maximum Gasteiger partial charge on any atom is 0.143 e. The summed E-state index contributed by atoms with van der Waals surface area (Å²) in [6, 6.07) is 0. The summed E-state index contributed by atoms with van der Waals surface area (Å²) in [7, 11) is 0. The third-order valence-electron chi connectivity index (χ3n) is 2.22. The molecule has 13 heavy (non-hydrogen) atoms. The zero-order valence-corrected chi connectivity index (χ0v) is 8.93. The summed E-state index contributed by atoms with van der Waals surface area (Å²) in [5, 5.41) is 0. The number of ketones is 2. The van der Waals surface area contributed by atoms with Crippen molar-refractivity contribution in [3.05, 3.63) is 0 Å². The van der Waals surface area contributed by atoms with Crippen LogP contribution in [0.4, 0.5) is 0 Å². The largest absolute Gasteiger partial charge is 0.299 e. The molecule has 0 saturated heterocycles. The Balaban J connectivity index is 4.07. The SMILES string of the molecule is CCCCC(C(C)=O)C(=O)CCC. The lowest BCUT2D eigenvalue weighted by Gasteiger charge is -2.10. The van der Waals surface area contributed by atoms with Gasteiger partial charge in [-0.3, -0.25) is 9.59 Å². The van der Waals surface area contributed by atoms with Gasteiger partial charge in [0, 0.05) is 6.42 Å². The Bertz CT molecular complexity index is 173. The van der Waals surface area contributed by atoms with Crippen LogP contribution in [0.15, 0.2) is 0 Å². The fourth-order valence-corrected chi connectivity index (χ4v) is 1.42. The van der Waals surface area contributed by atoms with Gasteiger partial charge in [-0.25, -0.2) is 0 Å². The van der Waals surface area contributed by atoms with Crippen LogP contribution < -0.4 is 0 Å². The highest BCUT2D eigenvalue weighted by molar-refractivity contribution is 6.01. The van der Waals surface area contributed by atoms with E-state index >= 15 is 0 Å². The van der Waals surface area contributed by atoms with E-state index in [9.17, 15) is 9.59 Å². The van der Waals surface area contributed by atoms with Crippen molar-refractivity contribution >= 4 is 11.6 Å². The first kappa shape index (κ1) is 12.3. The highest BCUT2D eigenvalue weighted by atomic mass is 16.1. The molecule has 0 aromatic rings. The molecule has 76 valence electrons. The van der Waals surface area contributed by atoms with Gasteiger partial charge in [0.15, 0.2) is 0 Å². The van der Waals surface area contributed by atoms with Crippen molar-refractivity contribution < 1.29 is 9.59 Å². The van der Waals surface area contributed by atoms with Crippen molar-refractivity contribution in [2.75, 3.05) is 0 Å². The molecule has 0 radical (unpaired) electrons. The van der Waals surface area contributed by atoms with Crippen LogP contribution in [0.2, 0.25) is 0 Å². The summed E-state index contributed by atoms with van der Waals surface area (Å²) in [5.41, 5.74) is 0. The Labute approximate surface area is 80.7 Å². The van der Waals surface area contributed by atoms with Crippen LogP contribution in [-0.2, 0) is 9.59 Å². The van der Waals surface area contributed by atoms with Crippen molar-refractivity contribution in [2.24, 2.45) is 5.92 Å². The predicted molar refractivity (Wildman–Crippen MR) is 53.6 cm³/mol. The van der Waals surface area contributed by atoms with Gasteiger partial charge in [-0.05, 0) is 19.8 Å². The topological polar surface area (TPSA) is 34.1 Å². The first-order chi connectivity index (χ1) is 6.13. The van der Waals surface area contributed by atoms with Crippen LogP contribution in [0.1, 0.15) is 52.9 Å². The molecule has 1 unspecified atom stereocenters. The Morgan fingerprint density at radius 3 is 2.15 bits per heavy atom. The van der Waals surface area contributed by atoms with E-state index in [0.29, 0.717) is 6.42 Å². The summed E-state index contributed by atoms with van der Waals surface area (Å²) >= 11 is 0. The monoisotopic (exact) mass is 184 g/mol. The van der Waals surface area contributed by atoms with Crippen molar-refractivity contribution in [3.8, 4) is 0 Å². The third-order valence-corrected chi connectivity index (χ3v) is 2.22. The van der Waals surface area contributed by atoms with E-state index < -0.39 is 0 Å². The molecule has 0 heterocycles. The van der Waals surface area contributed by atoms with E-state index in [1.165, 1.54) is 6.92 Å². The zero-order chi connectivity index (χ0) is 10.3. The van der Waals surface area contributed by atoms with Gasteiger partial charge >= 0.3 is 0 Å². The smallest absolute Gasteiger partial charge is 0.143 e. The molecule has 0 saturated carbocycles. The molecule has 0 amide bonds. The van der Waals surface area contributed by atoms with Gasteiger partial charge in [0.1, 0.15) is 11.6 Å². The number of carbonyl (C=O) groups is 2. The summed E-state index contributed by atoms with van der Waals surface area (Å²) in [5.74, 6) is -0.157. The average molecular weight is 184 g/mol. The van der Waals surface area contributed by atoms with Gasteiger partial charge in [-0.15, -0.1) is 0 Å². The van der Waals surface area contributed by atoms with E-state index in [-0.39, 0.29) is 17.5 Å². The van der Waals surface area contributed by atoms with Crippen LogP contribution in [0.3, 0.4) is 0 Å². The molecular weight excluding hydrogens is 164 g/mol. The summed E-state index contributed by atoms with van der Waals surface area (Å²) < 4.78 is 0. The molecule has 0 rings (SSSR count). The van der Waals surface area contributed by atoms with Crippen molar-refractivity contribution in [1.29, 1.82) is 0 Å². The van der Waals surface area contributed by atoms with E-state index in [0.717, 1.165) is 25.7 Å². The quantitative estimate of drug-likeness (QED) is 0.570. The number of hydrogen-bond donors (Lipinski definition) is 0. The lowest BCUT2D eigenvalue weighted by atomic mass is 9.91. The number of rotatable bonds is 7. The van der Waals surface area contributed by atoms with Gasteiger partial charge < -0.3 is 0 Å². The van der Waals surface area contributed by atoms with Crippen LogP contribution >= 0.6 is 0 Å². The van der Waals surface area contributed by atoms with Gasteiger partial charge in [0.25, 0.3) is 0 Å². The molecular formula is C11H20O2.